The molecule has 7 heteroatoms. The zero-order valence-corrected chi connectivity index (χ0v) is 17.1. The van der Waals surface area contributed by atoms with E-state index in [0.29, 0.717) is 6.54 Å². The highest BCUT2D eigenvalue weighted by atomic mass is 32.2. The van der Waals surface area contributed by atoms with Gasteiger partial charge in [-0.1, -0.05) is 42.1 Å². The zero-order valence-electron chi connectivity index (χ0n) is 15.4. The molecule has 1 N–H and O–H groups in total. The molecule has 0 saturated carbocycles. The van der Waals surface area contributed by atoms with Gasteiger partial charge in [0.15, 0.2) is 5.16 Å². The number of hydrogen-bond donors (Lipinski definition) is 1. The van der Waals surface area contributed by atoms with Gasteiger partial charge in [0.2, 0.25) is 5.91 Å². The van der Waals surface area contributed by atoms with Gasteiger partial charge < -0.3 is 9.88 Å². The Kier molecular flexibility index (Phi) is 6.47. The van der Waals surface area contributed by atoms with Crippen molar-refractivity contribution in [2.45, 2.75) is 32.0 Å². The molecule has 2 aromatic heterocycles. The number of nitrogens with zero attached hydrogens (tertiary/aromatic N) is 3. The van der Waals surface area contributed by atoms with E-state index in [4.69, 9.17) is 0 Å². The second-order valence-electron chi connectivity index (χ2n) is 6.16. The molecule has 2 heterocycles. The number of carbonyl (C=O) groups is 1. The molecule has 0 radical (unpaired) electrons. The Morgan fingerprint density at radius 3 is 2.70 bits per heavy atom. The van der Waals surface area contributed by atoms with Crippen LogP contribution in [-0.2, 0) is 17.8 Å². The molecule has 1 amide bonds. The number of thioether (sulfide) groups is 1. The first-order chi connectivity index (χ1) is 13.1. The summed E-state index contributed by atoms with van der Waals surface area (Å²) in [4.78, 5) is 13.6. The van der Waals surface area contributed by atoms with E-state index >= 15 is 0 Å². The summed E-state index contributed by atoms with van der Waals surface area (Å²) in [5.41, 5.74) is 3.00. The first-order valence-corrected chi connectivity index (χ1v) is 10.5. The number of allylic oxidation sites excluding steroid dienone is 1. The Balaban J connectivity index is 1.67. The third-order valence-electron chi connectivity index (χ3n) is 4.10. The van der Waals surface area contributed by atoms with E-state index in [0.717, 1.165) is 34.2 Å². The number of para-hydroxylation sites is 1. The number of amides is 1. The lowest BCUT2D eigenvalue weighted by Crippen LogP contribution is -2.16. The van der Waals surface area contributed by atoms with Crippen molar-refractivity contribution in [1.82, 2.24) is 14.8 Å². The lowest BCUT2D eigenvalue weighted by molar-refractivity contribution is -0.113. The van der Waals surface area contributed by atoms with Crippen LogP contribution < -0.4 is 5.32 Å². The number of thiophene rings is 1. The molecule has 0 bridgehead atoms. The molecule has 0 unspecified atom stereocenters. The van der Waals surface area contributed by atoms with E-state index in [1.54, 1.807) is 11.3 Å². The van der Waals surface area contributed by atoms with E-state index in [-0.39, 0.29) is 11.7 Å². The second-order valence-corrected chi connectivity index (χ2v) is 8.13. The molecule has 0 fully saturated rings. The second kappa shape index (κ2) is 9.01. The normalized spacial score (nSPS) is 10.7. The standard InChI is InChI=1S/C20H22N4OS2/c1-4-10-24-17(12-16-9-6-11-26-16)22-23-20(24)27-13-18(25)21-19-14(2)7-5-8-15(19)3/h4-9,11H,1,10,12-13H2,2-3H3,(H,21,25). The Hall–Kier alpha value is -2.38. The molecule has 0 spiro atoms. The van der Waals surface area contributed by atoms with Gasteiger partial charge in [0.25, 0.3) is 0 Å². The Labute approximate surface area is 167 Å². The zero-order chi connectivity index (χ0) is 19.2. The van der Waals surface area contributed by atoms with Crippen LogP contribution in [0.1, 0.15) is 21.8 Å². The smallest absolute Gasteiger partial charge is 0.234 e. The van der Waals surface area contributed by atoms with Crippen molar-refractivity contribution in [2.75, 3.05) is 11.1 Å². The van der Waals surface area contributed by atoms with Crippen LogP contribution in [0.5, 0.6) is 0 Å². The number of nitrogens with one attached hydrogen (secondary N) is 1. The minimum atomic E-state index is -0.0506. The molecule has 0 aliphatic heterocycles. The third-order valence-corrected chi connectivity index (χ3v) is 5.94. The molecule has 0 aliphatic rings. The molecule has 5 nitrogen and oxygen atoms in total. The fourth-order valence-corrected chi connectivity index (χ4v) is 4.22. The van der Waals surface area contributed by atoms with Crippen molar-refractivity contribution in [2.24, 2.45) is 0 Å². The average molecular weight is 399 g/mol. The summed E-state index contributed by atoms with van der Waals surface area (Å²) >= 11 is 3.09. The number of carbonyl (C=O) groups excluding carboxylic acids is 1. The van der Waals surface area contributed by atoms with E-state index in [1.165, 1.54) is 16.6 Å². The quantitative estimate of drug-likeness (QED) is 0.449. The molecule has 3 aromatic rings. The van der Waals surface area contributed by atoms with Crippen molar-refractivity contribution < 1.29 is 4.79 Å². The maximum Gasteiger partial charge on any atom is 0.234 e. The number of anilines is 1. The third kappa shape index (κ3) is 4.87. The van der Waals surface area contributed by atoms with E-state index in [2.05, 4.69) is 33.5 Å². The fraction of sp³-hybridized carbons (Fsp3) is 0.250. The van der Waals surface area contributed by atoms with Gasteiger partial charge in [0.05, 0.1) is 5.75 Å². The maximum atomic E-state index is 12.4. The van der Waals surface area contributed by atoms with Gasteiger partial charge in [-0.05, 0) is 36.4 Å². The SMILES string of the molecule is C=CCn1c(Cc2cccs2)nnc1SCC(=O)Nc1c(C)cccc1C. The van der Waals surface area contributed by atoms with E-state index in [1.807, 2.05) is 48.8 Å². The lowest BCUT2D eigenvalue weighted by atomic mass is 10.1. The van der Waals surface area contributed by atoms with E-state index < -0.39 is 0 Å². The molecular formula is C20H22N4OS2. The first kappa shape index (κ1) is 19.4. The summed E-state index contributed by atoms with van der Waals surface area (Å²) in [7, 11) is 0. The fourth-order valence-electron chi connectivity index (χ4n) is 2.76. The molecule has 140 valence electrons. The Bertz CT molecular complexity index is 911. The monoisotopic (exact) mass is 398 g/mol. The van der Waals surface area contributed by atoms with Crippen molar-refractivity contribution in [3.8, 4) is 0 Å². The van der Waals surface area contributed by atoms with Crippen LogP contribution in [0.15, 0.2) is 53.5 Å². The van der Waals surface area contributed by atoms with Gasteiger partial charge >= 0.3 is 0 Å². The summed E-state index contributed by atoms with van der Waals surface area (Å²) < 4.78 is 2.02. The van der Waals surface area contributed by atoms with Crippen LogP contribution in [0.2, 0.25) is 0 Å². The molecule has 27 heavy (non-hydrogen) atoms. The van der Waals surface area contributed by atoms with E-state index in [9.17, 15) is 4.79 Å². The molecule has 0 atom stereocenters. The molecule has 3 rings (SSSR count). The Morgan fingerprint density at radius 1 is 1.26 bits per heavy atom. The first-order valence-electron chi connectivity index (χ1n) is 8.62. The predicted molar refractivity (Wildman–Crippen MR) is 113 cm³/mol. The predicted octanol–water partition coefficient (Wildman–Crippen LogP) is 4.46. The topological polar surface area (TPSA) is 59.8 Å². The number of rotatable bonds is 8. The summed E-state index contributed by atoms with van der Waals surface area (Å²) in [5.74, 6) is 1.11. The highest BCUT2D eigenvalue weighted by Crippen LogP contribution is 2.23. The molecule has 0 aliphatic carbocycles. The average Bonchev–Trinajstić information content (AvgIpc) is 3.28. The van der Waals surface area contributed by atoms with Crippen molar-refractivity contribution in [3.63, 3.8) is 0 Å². The van der Waals surface area contributed by atoms with Gasteiger partial charge in [-0.2, -0.15) is 0 Å². The Morgan fingerprint density at radius 2 is 2.04 bits per heavy atom. The lowest BCUT2D eigenvalue weighted by Gasteiger charge is -2.11. The van der Waals surface area contributed by atoms with Gasteiger partial charge in [0, 0.05) is 23.5 Å². The van der Waals surface area contributed by atoms with Crippen LogP contribution in [0.25, 0.3) is 0 Å². The van der Waals surface area contributed by atoms with Crippen LogP contribution in [0, 0.1) is 13.8 Å². The number of aryl methyl sites for hydroxylation is 2. The van der Waals surface area contributed by atoms with Crippen LogP contribution in [-0.4, -0.2) is 26.4 Å². The largest absolute Gasteiger partial charge is 0.325 e. The van der Waals surface area contributed by atoms with Gasteiger partial charge in [-0.25, -0.2) is 0 Å². The summed E-state index contributed by atoms with van der Waals surface area (Å²) in [6.45, 7) is 8.43. The number of hydrogen-bond acceptors (Lipinski definition) is 5. The molecule has 0 saturated heterocycles. The number of benzene rings is 1. The molecule has 1 aromatic carbocycles. The number of aromatic nitrogens is 3. The van der Waals surface area contributed by atoms with Crippen molar-refractivity contribution in [3.05, 3.63) is 70.2 Å². The van der Waals surface area contributed by atoms with Crippen molar-refractivity contribution >= 4 is 34.7 Å². The van der Waals surface area contributed by atoms with Crippen LogP contribution in [0.4, 0.5) is 5.69 Å². The molecular weight excluding hydrogens is 376 g/mol. The minimum absolute atomic E-state index is 0.0506. The maximum absolute atomic E-state index is 12.4. The summed E-state index contributed by atoms with van der Waals surface area (Å²) in [6.07, 6.45) is 2.55. The van der Waals surface area contributed by atoms with Crippen molar-refractivity contribution in [1.29, 1.82) is 0 Å². The van der Waals surface area contributed by atoms with Gasteiger partial charge in [0.1, 0.15) is 5.82 Å². The van der Waals surface area contributed by atoms with Crippen LogP contribution in [0.3, 0.4) is 0 Å². The summed E-state index contributed by atoms with van der Waals surface area (Å²) in [5, 5.41) is 14.4. The van der Waals surface area contributed by atoms with Crippen LogP contribution >= 0.6 is 23.1 Å². The highest BCUT2D eigenvalue weighted by Gasteiger charge is 2.15. The minimum Gasteiger partial charge on any atom is -0.325 e. The summed E-state index contributed by atoms with van der Waals surface area (Å²) in [6, 6.07) is 10.1. The van der Waals surface area contributed by atoms with Gasteiger partial charge in [-0.15, -0.1) is 28.1 Å². The highest BCUT2D eigenvalue weighted by molar-refractivity contribution is 7.99. The van der Waals surface area contributed by atoms with Gasteiger partial charge in [-0.3, -0.25) is 4.79 Å².